The third-order valence-corrected chi connectivity index (χ3v) is 4.12. The first-order valence-electron chi connectivity index (χ1n) is 6.02. The van der Waals surface area contributed by atoms with Gasteiger partial charge in [-0.15, -0.1) is 0 Å². The van der Waals surface area contributed by atoms with Crippen LogP contribution in [0.4, 0.5) is 0 Å². The maximum Gasteiger partial charge on any atom is 0.189 e. The first-order valence-corrected chi connectivity index (χ1v) is 6.81. The number of aryl methyl sites for hydroxylation is 1. The van der Waals surface area contributed by atoms with Gasteiger partial charge in [-0.1, -0.05) is 13.8 Å². The van der Waals surface area contributed by atoms with E-state index in [1.54, 1.807) is 10.9 Å². The number of carbonyl (C=O) groups excluding carboxylic acids is 1. The highest BCUT2D eigenvalue weighted by atomic mass is 79.9. The molecule has 5 heteroatoms. The van der Waals surface area contributed by atoms with Gasteiger partial charge in [-0.2, -0.15) is 5.10 Å². The average Bonchev–Trinajstić information content (AvgIpc) is 2.73. The first kappa shape index (κ1) is 14.4. The molecule has 0 aliphatic rings. The molecule has 4 nitrogen and oxygen atoms in total. The zero-order valence-electron chi connectivity index (χ0n) is 10.7. The third kappa shape index (κ3) is 2.45. The average molecular weight is 302 g/mol. The van der Waals surface area contributed by atoms with Crippen LogP contribution in [0.15, 0.2) is 10.7 Å². The van der Waals surface area contributed by atoms with E-state index in [0.717, 1.165) is 17.3 Å². The molecule has 0 saturated heterocycles. The smallest absolute Gasteiger partial charge is 0.189 e. The molecule has 0 atom stereocenters. The van der Waals surface area contributed by atoms with Crippen LogP contribution in [0.1, 0.15) is 44.1 Å². The Balaban J connectivity index is 3.22. The summed E-state index contributed by atoms with van der Waals surface area (Å²) in [7, 11) is 0. The van der Waals surface area contributed by atoms with Gasteiger partial charge < -0.3 is 5.73 Å². The highest BCUT2D eigenvalue weighted by Crippen LogP contribution is 2.32. The van der Waals surface area contributed by atoms with Crippen molar-refractivity contribution in [2.45, 2.75) is 40.2 Å². The van der Waals surface area contributed by atoms with E-state index in [-0.39, 0.29) is 5.78 Å². The van der Waals surface area contributed by atoms with Crippen LogP contribution >= 0.6 is 15.9 Å². The summed E-state index contributed by atoms with van der Waals surface area (Å²) < 4.78 is 2.48. The number of aromatic nitrogens is 2. The molecule has 0 bridgehead atoms. The highest BCUT2D eigenvalue weighted by molar-refractivity contribution is 9.10. The minimum absolute atomic E-state index is 0.0937. The quantitative estimate of drug-likeness (QED) is 0.822. The van der Waals surface area contributed by atoms with Crippen LogP contribution in [0.3, 0.4) is 0 Å². The molecule has 1 aromatic heterocycles. The summed E-state index contributed by atoms with van der Waals surface area (Å²) in [5.74, 6) is 0.0937. The topological polar surface area (TPSA) is 60.9 Å². The molecule has 1 heterocycles. The van der Waals surface area contributed by atoms with Crippen molar-refractivity contribution in [2.75, 3.05) is 6.54 Å². The monoisotopic (exact) mass is 301 g/mol. The molecule has 17 heavy (non-hydrogen) atoms. The van der Waals surface area contributed by atoms with Crippen molar-refractivity contribution in [2.24, 2.45) is 11.1 Å². The van der Waals surface area contributed by atoms with E-state index in [4.69, 9.17) is 5.73 Å². The van der Waals surface area contributed by atoms with E-state index in [1.807, 2.05) is 20.8 Å². The normalized spacial score (nSPS) is 11.8. The molecule has 0 aliphatic carbocycles. The second kappa shape index (κ2) is 5.78. The Bertz CT molecular complexity index is 388. The molecule has 0 aromatic carbocycles. The number of nitrogens with two attached hydrogens (primary N) is 1. The van der Waals surface area contributed by atoms with Crippen LogP contribution in [0.25, 0.3) is 0 Å². The fraction of sp³-hybridized carbons (Fsp3) is 0.667. The minimum atomic E-state index is -0.463. The van der Waals surface area contributed by atoms with Crippen LogP contribution in [-0.4, -0.2) is 22.1 Å². The number of carbonyl (C=O) groups is 1. The van der Waals surface area contributed by atoms with E-state index in [2.05, 4.69) is 21.0 Å². The zero-order valence-corrected chi connectivity index (χ0v) is 12.2. The highest BCUT2D eigenvalue weighted by Gasteiger charge is 2.36. The van der Waals surface area contributed by atoms with Crippen LogP contribution < -0.4 is 5.73 Å². The van der Waals surface area contributed by atoms with Crippen molar-refractivity contribution in [3.05, 3.63) is 16.4 Å². The van der Waals surface area contributed by atoms with Gasteiger partial charge in [0.1, 0.15) is 5.69 Å². The van der Waals surface area contributed by atoms with Crippen molar-refractivity contribution < 1.29 is 4.79 Å². The molecule has 1 aromatic rings. The molecule has 2 N–H and O–H groups in total. The second-order valence-corrected chi connectivity index (χ2v) is 5.03. The molecule has 0 fully saturated rings. The molecule has 0 amide bonds. The predicted octanol–water partition coefficient (Wildman–Crippen LogP) is 2.61. The summed E-state index contributed by atoms with van der Waals surface area (Å²) in [5, 5.41) is 4.18. The number of rotatable bonds is 6. The lowest BCUT2D eigenvalue weighted by Gasteiger charge is -2.28. The summed E-state index contributed by atoms with van der Waals surface area (Å²) >= 11 is 3.39. The number of hydrogen-bond acceptors (Lipinski definition) is 3. The van der Waals surface area contributed by atoms with E-state index in [1.165, 1.54) is 0 Å². The number of ketones is 1. The lowest BCUT2D eigenvalue weighted by molar-refractivity contribution is 0.0774. The molecule has 0 spiro atoms. The minimum Gasteiger partial charge on any atom is -0.329 e. The molecule has 0 unspecified atom stereocenters. The van der Waals surface area contributed by atoms with Gasteiger partial charge in [0.25, 0.3) is 0 Å². The Morgan fingerprint density at radius 1 is 1.47 bits per heavy atom. The third-order valence-electron chi connectivity index (χ3n) is 3.54. The molecular weight excluding hydrogens is 282 g/mol. The van der Waals surface area contributed by atoms with Gasteiger partial charge in [0.15, 0.2) is 5.78 Å². The lowest BCUT2D eigenvalue weighted by Crippen LogP contribution is -2.39. The van der Waals surface area contributed by atoms with Crippen LogP contribution in [0, 0.1) is 5.41 Å². The number of halogens is 1. The van der Waals surface area contributed by atoms with Gasteiger partial charge in [0.05, 0.1) is 10.7 Å². The van der Waals surface area contributed by atoms with E-state index < -0.39 is 5.41 Å². The van der Waals surface area contributed by atoms with E-state index in [0.29, 0.717) is 18.8 Å². The molecular formula is C12H20BrN3O. The summed E-state index contributed by atoms with van der Waals surface area (Å²) in [6.07, 6.45) is 3.17. The fourth-order valence-electron chi connectivity index (χ4n) is 2.03. The van der Waals surface area contributed by atoms with Crippen molar-refractivity contribution >= 4 is 21.7 Å². The maximum atomic E-state index is 12.7. The largest absolute Gasteiger partial charge is 0.329 e. The standard InChI is InChI=1S/C12H20BrN3O/c1-4-12(5-2,8-14)11(17)10-9(13)7-15-16(10)6-3/h7H,4-6,8,14H2,1-3H3. The lowest BCUT2D eigenvalue weighted by atomic mass is 9.77. The Kier molecular flexibility index (Phi) is 4.89. The Labute approximate surface area is 111 Å². The van der Waals surface area contributed by atoms with E-state index in [9.17, 15) is 4.79 Å². The van der Waals surface area contributed by atoms with Gasteiger partial charge in [0.2, 0.25) is 0 Å². The van der Waals surface area contributed by atoms with Gasteiger partial charge in [-0.05, 0) is 35.7 Å². The SMILES string of the molecule is CCn1ncc(Br)c1C(=O)C(CC)(CC)CN. The fourth-order valence-corrected chi connectivity index (χ4v) is 2.51. The number of Topliss-reactive ketones (excluding diaryl/α,β-unsaturated/α-hetero) is 1. The summed E-state index contributed by atoms with van der Waals surface area (Å²) in [4.78, 5) is 12.7. The second-order valence-electron chi connectivity index (χ2n) is 4.18. The number of nitrogens with zero attached hydrogens (tertiary/aromatic N) is 2. The summed E-state index contributed by atoms with van der Waals surface area (Å²) in [6, 6.07) is 0. The molecule has 1 rings (SSSR count). The molecule has 96 valence electrons. The van der Waals surface area contributed by atoms with Crippen molar-refractivity contribution in [3.8, 4) is 0 Å². The van der Waals surface area contributed by atoms with E-state index >= 15 is 0 Å². The Hall–Kier alpha value is -0.680. The van der Waals surface area contributed by atoms with Gasteiger partial charge in [0, 0.05) is 18.5 Å². The summed E-state index contributed by atoms with van der Waals surface area (Å²) in [5.41, 5.74) is 5.99. The molecule has 0 saturated carbocycles. The first-order chi connectivity index (χ1) is 8.06. The van der Waals surface area contributed by atoms with Gasteiger partial charge in [-0.25, -0.2) is 0 Å². The maximum absolute atomic E-state index is 12.7. The van der Waals surface area contributed by atoms with Crippen LogP contribution in [0.2, 0.25) is 0 Å². The molecule has 0 radical (unpaired) electrons. The van der Waals surface area contributed by atoms with Crippen molar-refractivity contribution in [1.82, 2.24) is 9.78 Å². The Morgan fingerprint density at radius 2 is 2.06 bits per heavy atom. The van der Waals surface area contributed by atoms with Crippen LogP contribution in [0.5, 0.6) is 0 Å². The van der Waals surface area contributed by atoms with Crippen molar-refractivity contribution in [1.29, 1.82) is 0 Å². The number of hydrogen-bond donors (Lipinski definition) is 1. The van der Waals surface area contributed by atoms with Crippen LogP contribution in [-0.2, 0) is 6.54 Å². The Morgan fingerprint density at radius 3 is 2.47 bits per heavy atom. The predicted molar refractivity (Wildman–Crippen MR) is 72.0 cm³/mol. The van der Waals surface area contributed by atoms with Crippen molar-refractivity contribution in [3.63, 3.8) is 0 Å². The molecule has 0 aliphatic heterocycles. The van der Waals surface area contributed by atoms with Gasteiger partial charge in [-0.3, -0.25) is 9.48 Å². The zero-order chi connectivity index (χ0) is 13.1. The summed E-state index contributed by atoms with van der Waals surface area (Å²) in [6.45, 7) is 7.04. The van der Waals surface area contributed by atoms with Gasteiger partial charge >= 0.3 is 0 Å².